The molecule has 0 saturated heterocycles. The average Bonchev–Trinajstić information content (AvgIpc) is 2.59. The van der Waals surface area contributed by atoms with Gasteiger partial charge in [-0.25, -0.2) is 0 Å². The van der Waals surface area contributed by atoms with Gasteiger partial charge in [0.15, 0.2) is 0 Å². The van der Waals surface area contributed by atoms with Gasteiger partial charge in [0.1, 0.15) is 5.69 Å². The van der Waals surface area contributed by atoms with Crippen molar-refractivity contribution >= 4 is 28.4 Å². The molecular weight excluding hydrogens is 338 g/mol. The molecule has 2 aromatic carbocycles. The summed E-state index contributed by atoms with van der Waals surface area (Å²) < 4.78 is 0. The summed E-state index contributed by atoms with van der Waals surface area (Å²) in [5.74, 6) is 0. The molecule has 0 unspecified atom stereocenters. The number of rotatable bonds is 8. The van der Waals surface area contributed by atoms with E-state index in [9.17, 15) is 20.2 Å². The van der Waals surface area contributed by atoms with Crippen LogP contribution in [0, 0.1) is 20.2 Å². The molecule has 0 fully saturated rings. The van der Waals surface area contributed by atoms with Crippen LogP contribution in [0.3, 0.4) is 0 Å². The minimum atomic E-state index is -0.493. The number of nitro benzene ring substituents is 2. The Balaban J connectivity index is 2.27. The maximum absolute atomic E-state index is 11.3. The molecule has 9 heteroatoms. The van der Waals surface area contributed by atoms with Gasteiger partial charge in [-0.15, -0.1) is 0 Å². The lowest BCUT2D eigenvalue weighted by atomic mass is 10.2. The first kappa shape index (κ1) is 19.1. The molecule has 0 aliphatic rings. The first-order valence-electron chi connectivity index (χ1n) is 7.93. The van der Waals surface area contributed by atoms with Gasteiger partial charge in [0.25, 0.3) is 11.4 Å². The molecule has 0 aliphatic carbocycles. The molecular formula is C17H21N5O4. The summed E-state index contributed by atoms with van der Waals surface area (Å²) in [5.41, 5.74) is 1.60. The Labute approximate surface area is 151 Å². The highest BCUT2D eigenvalue weighted by Gasteiger charge is 2.16. The zero-order chi connectivity index (χ0) is 19.3. The van der Waals surface area contributed by atoms with Gasteiger partial charge >= 0.3 is 0 Å². The van der Waals surface area contributed by atoms with E-state index in [1.165, 1.54) is 30.3 Å². The molecule has 0 heterocycles. The highest BCUT2D eigenvalue weighted by atomic mass is 16.6. The number of non-ortho nitro benzene ring substituents is 1. The number of anilines is 3. The predicted octanol–water partition coefficient (Wildman–Crippen LogP) is 3.24. The van der Waals surface area contributed by atoms with Gasteiger partial charge < -0.3 is 15.1 Å². The smallest absolute Gasteiger partial charge is 0.292 e. The van der Waals surface area contributed by atoms with Crippen LogP contribution in [0.2, 0.25) is 0 Å². The fourth-order valence-electron chi connectivity index (χ4n) is 2.32. The van der Waals surface area contributed by atoms with Crippen molar-refractivity contribution in [1.29, 1.82) is 0 Å². The number of hydrogen-bond donors (Lipinski definition) is 1. The number of nitro groups is 2. The summed E-state index contributed by atoms with van der Waals surface area (Å²) in [7, 11) is 5.87. The van der Waals surface area contributed by atoms with E-state index in [-0.39, 0.29) is 11.4 Å². The molecule has 0 bridgehead atoms. The van der Waals surface area contributed by atoms with Gasteiger partial charge in [0.2, 0.25) is 0 Å². The third-order valence-electron chi connectivity index (χ3n) is 3.86. The second-order valence-electron chi connectivity index (χ2n) is 6.11. The van der Waals surface area contributed by atoms with Crippen molar-refractivity contribution in [2.45, 2.75) is 0 Å². The number of hydrogen-bond acceptors (Lipinski definition) is 7. The van der Waals surface area contributed by atoms with Crippen LogP contribution in [-0.2, 0) is 0 Å². The molecule has 2 rings (SSSR count). The molecule has 0 amide bonds. The topological polar surface area (TPSA) is 105 Å². The Morgan fingerprint density at radius 3 is 2.12 bits per heavy atom. The van der Waals surface area contributed by atoms with Crippen molar-refractivity contribution < 1.29 is 9.85 Å². The second-order valence-corrected chi connectivity index (χ2v) is 6.11. The van der Waals surface area contributed by atoms with Crippen LogP contribution in [0.4, 0.5) is 28.4 Å². The van der Waals surface area contributed by atoms with E-state index in [4.69, 9.17) is 0 Å². The Kier molecular flexibility index (Phi) is 6.07. The van der Waals surface area contributed by atoms with E-state index in [1.54, 1.807) is 12.1 Å². The number of benzene rings is 2. The van der Waals surface area contributed by atoms with E-state index in [2.05, 4.69) is 10.2 Å². The molecule has 0 atom stereocenters. The Hall–Kier alpha value is -3.20. The fourth-order valence-corrected chi connectivity index (χ4v) is 2.32. The summed E-state index contributed by atoms with van der Waals surface area (Å²) in [6.07, 6.45) is 0. The van der Waals surface area contributed by atoms with Crippen molar-refractivity contribution in [2.75, 3.05) is 44.4 Å². The minimum absolute atomic E-state index is 0.0396. The zero-order valence-electron chi connectivity index (χ0n) is 14.9. The quantitative estimate of drug-likeness (QED) is 0.570. The first-order valence-corrected chi connectivity index (χ1v) is 7.93. The second kappa shape index (κ2) is 8.26. The standard InChI is InChI=1S/C17H21N5O4/c1-19(2)10-11-20(3)15-8-9-17(22(25)26)16(12-15)18-13-4-6-14(7-5-13)21(23)24/h4-9,12,18H,10-11H2,1-3H3. The van der Waals surface area contributed by atoms with Gasteiger partial charge in [0, 0.05) is 49.7 Å². The SMILES string of the molecule is CN(C)CCN(C)c1ccc([N+](=O)[O-])c(Nc2ccc([N+](=O)[O-])cc2)c1. The van der Waals surface area contributed by atoms with E-state index in [1.807, 2.05) is 26.0 Å². The van der Waals surface area contributed by atoms with E-state index in [0.29, 0.717) is 11.4 Å². The first-order chi connectivity index (χ1) is 12.3. The number of likely N-dealkylation sites (N-methyl/N-ethyl adjacent to an activating group) is 2. The summed E-state index contributed by atoms with van der Waals surface area (Å²) >= 11 is 0. The minimum Gasteiger partial charge on any atom is -0.373 e. The molecule has 0 spiro atoms. The summed E-state index contributed by atoms with van der Waals surface area (Å²) in [6.45, 7) is 1.61. The number of nitrogens with one attached hydrogen (secondary N) is 1. The fraction of sp³-hybridized carbons (Fsp3) is 0.294. The molecule has 9 nitrogen and oxygen atoms in total. The molecule has 2 aromatic rings. The lowest BCUT2D eigenvalue weighted by Crippen LogP contribution is -2.28. The van der Waals surface area contributed by atoms with Crippen LogP contribution in [0.25, 0.3) is 0 Å². The lowest BCUT2D eigenvalue weighted by Gasteiger charge is -2.22. The van der Waals surface area contributed by atoms with Crippen molar-refractivity contribution in [3.05, 3.63) is 62.7 Å². The molecule has 0 aromatic heterocycles. The van der Waals surface area contributed by atoms with Gasteiger partial charge in [0.05, 0.1) is 9.85 Å². The Bertz CT molecular complexity index is 792. The molecule has 0 aliphatic heterocycles. The molecule has 0 radical (unpaired) electrons. The summed E-state index contributed by atoms with van der Waals surface area (Å²) in [6, 6.07) is 10.6. The highest BCUT2D eigenvalue weighted by molar-refractivity contribution is 5.74. The van der Waals surface area contributed by atoms with Gasteiger partial charge in [-0.05, 0) is 38.4 Å². The maximum atomic E-state index is 11.3. The monoisotopic (exact) mass is 359 g/mol. The predicted molar refractivity (Wildman–Crippen MR) is 101 cm³/mol. The Morgan fingerprint density at radius 1 is 0.923 bits per heavy atom. The third kappa shape index (κ3) is 4.90. The van der Waals surface area contributed by atoms with Gasteiger partial charge in [-0.3, -0.25) is 20.2 Å². The van der Waals surface area contributed by atoms with Crippen molar-refractivity contribution in [1.82, 2.24) is 4.90 Å². The zero-order valence-corrected chi connectivity index (χ0v) is 14.9. The molecule has 26 heavy (non-hydrogen) atoms. The molecule has 1 N–H and O–H groups in total. The largest absolute Gasteiger partial charge is 0.373 e. The van der Waals surface area contributed by atoms with Crippen LogP contribution in [0.1, 0.15) is 0 Å². The van der Waals surface area contributed by atoms with Crippen molar-refractivity contribution in [3.8, 4) is 0 Å². The van der Waals surface area contributed by atoms with Gasteiger partial charge in [-0.1, -0.05) is 0 Å². The van der Waals surface area contributed by atoms with Crippen LogP contribution >= 0.6 is 0 Å². The lowest BCUT2D eigenvalue weighted by molar-refractivity contribution is -0.384. The molecule has 138 valence electrons. The van der Waals surface area contributed by atoms with Crippen molar-refractivity contribution in [3.63, 3.8) is 0 Å². The average molecular weight is 359 g/mol. The van der Waals surface area contributed by atoms with Gasteiger partial charge in [-0.2, -0.15) is 0 Å². The van der Waals surface area contributed by atoms with E-state index in [0.717, 1.165) is 18.8 Å². The van der Waals surface area contributed by atoms with Crippen LogP contribution in [-0.4, -0.2) is 49.0 Å². The molecule has 0 saturated carbocycles. The van der Waals surface area contributed by atoms with E-state index < -0.39 is 9.85 Å². The Morgan fingerprint density at radius 2 is 1.58 bits per heavy atom. The van der Waals surface area contributed by atoms with E-state index >= 15 is 0 Å². The summed E-state index contributed by atoms with van der Waals surface area (Å²) in [5, 5.41) is 25.0. The van der Waals surface area contributed by atoms with Crippen molar-refractivity contribution in [2.24, 2.45) is 0 Å². The van der Waals surface area contributed by atoms with Crippen LogP contribution < -0.4 is 10.2 Å². The number of nitrogens with zero attached hydrogens (tertiary/aromatic N) is 4. The normalized spacial score (nSPS) is 10.6. The highest BCUT2D eigenvalue weighted by Crippen LogP contribution is 2.32. The van der Waals surface area contributed by atoms with Crippen LogP contribution in [0.15, 0.2) is 42.5 Å². The summed E-state index contributed by atoms with van der Waals surface area (Å²) in [4.78, 5) is 25.1. The van der Waals surface area contributed by atoms with Crippen LogP contribution in [0.5, 0.6) is 0 Å². The maximum Gasteiger partial charge on any atom is 0.292 e. The third-order valence-corrected chi connectivity index (χ3v) is 3.86.